The lowest BCUT2D eigenvalue weighted by atomic mass is 9.91. The van der Waals surface area contributed by atoms with Crippen LogP contribution >= 0.6 is 0 Å². The average Bonchev–Trinajstić information content (AvgIpc) is 3.07. The normalized spacial score (nSPS) is 17.8. The number of aryl methyl sites for hydroxylation is 1. The van der Waals surface area contributed by atoms with Crippen molar-refractivity contribution in [1.82, 2.24) is 9.88 Å². The summed E-state index contributed by atoms with van der Waals surface area (Å²) in [7, 11) is 1.59. The Morgan fingerprint density at radius 2 is 2.00 bits per heavy atom. The summed E-state index contributed by atoms with van der Waals surface area (Å²) in [5, 5.41) is 3.36. The van der Waals surface area contributed by atoms with Crippen LogP contribution in [0.15, 0.2) is 34.3 Å². The first-order valence-electron chi connectivity index (χ1n) is 12.3. The minimum atomic E-state index is -0.328. The second-order valence-corrected chi connectivity index (χ2v) is 9.63. The lowest BCUT2D eigenvalue weighted by Crippen LogP contribution is -2.23. The maximum absolute atomic E-state index is 14.7. The number of nitrogens with one attached hydrogen (secondary N) is 1. The predicted molar refractivity (Wildman–Crippen MR) is 136 cm³/mol. The van der Waals surface area contributed by atoms with Crippen LogP contribution in [0.1, 0.15) is 87.0 Å². The van der Waals surface area contributed by atoms with Gasteiger partial charge in [0.25, 0.3) is 5.91 Å². The number of nitrogens with zero attached hydrogens (tertiary/aromatic N) is 2. The van der Waals surface area contributed by atoms with Gasteiger partial charge in [-0.2, -0.15) is 0 Å². The molecule has 1 unspecified atom stereocenters. The zero-order valence-corrected chi connectivity index (χ0v) is 20.8. The maximum atomic E-state index is 14.7. The first-order valence-corrected chi connectivity index (χ1v) is 12.3. The van der Waals surface area contributed by atoms with Gasteiger partial charge >= 0.3 is 0 Å². The van der Waals surface area contributed by atoms with E-state index in [0.717, 1.165) is 55.3 Å². The molecule has 1 amide bonds. The number of hydrogen-bond donors (Lipinski definition) is 1. The van der Waals surface area contributed by atoms with Crippen LogP contribution in [-0.4, -0.2) is 29.5 Å². The average molecular weight is 464 g/mol. The topological polar surface area (TPSA) is 63.5 Å². The molecule has 1 N–H and O–H groups in total. The van der Waals surface area contributed by atoms with Crippen LogP contribution in [0, 0.1) is 18.7 Å². The van der Waals surface area contributed by atoms with E-state index >= 15 is 0 Å². The number of halogens is 1. The highest BCUT2D eigenvalue weighted by atomic mass is 19.1. The van der Waals surface area contributed by atoms with E-state index in [1.54, 1.807) is 20.2 Å². The SMILES string of the molecule is CCC(C)C(=O)C1=CCCC(C)=C(c2c(C(=O)NC)c3cc(F)c(C)cc3n2C2CCC2)N=C1. The van der Waals surface area contributed by atoms with Crippen LogP contribution in [0.5, 0.6) is 0 Å². The van der Waals surface area contributed by atoms with Crippen molar-refractivity contribution in [2.75, 3.05) is 7.05 Å². The second-order valence-electron chi connectivity index (χ2n) is 9.63. The van der Waals surface area contributed by atoms with Crippen molar-refractivity contribution in [3.63, 3.8) is 0 Å². The molecule has 2 aromatic rings. The molecule has 1 aromatic carbocycles. The molecule has 0 radical (unpaired) electrons. The third kappa shape index (κ3) is 4.15. The molecule has 1 aromatic heterocycles. The molecule has 2 heterocycles. The number of amides is 1. The number of carbonyl (C=O) groups is 2. The van der Waals surface area contributed by atoms with Crippen LogP contribution in [-0.2, 0) is 4.79 Å². The fraction of sp³-hybridized carbons (Fsp3) is 0.464. The highest BCUT2D eigenvalue weighted by Gasteiger charge is 2.32. The van der Waals surface area contributed by atoms with Gasteiger partial charge in [0, 0.05) is 36.2 Å². The number of hydrogen-bond acceptors (Lipinski definition) is 3. The van der Waals surface area contributed by atoms with Gasteiger partial charge in [0.2, 0.25) is 0 Å². The number of benzene rings is 1. The molecule has 1 aliphatic carbocycles. The summed E-state index contributed by atoms with van der Waals surface area (Å²) in [4.78, 5) is 30.9. The molecular formula is C28H34FN3O2. The van der Waals surface area contributed by atoms with Crippen LogP contribution < -0.4 is 5.32 Å². The van der Waals surface area contributed by atoms with Crippen molar-refractivity contribution in [2.24, 2.45) is 10.9 Å². The molecular weight excluding hydrogens is 429 g/mol. The number of ketones is 1. The van der Waals surface area contributed by atoms with Crippen molar-refractivity contribution in [2.45, 2.75) is 72.3 Å². The standard InChI is InChI=1S/C28H34FN3O2/c1-6-16(2)27(33)19-10-7-9-17(3)25(31-15-19)26-24(28(34)30-5)21-14-22(29)18(4)13-23(21)32(26)20-11-8-12-20/h10,13-16,20H,6-9,11-12H2,1-5H3,(H,30,34). The lowest BCUT2D eigenvalue weighted by Gasteiger charge is -2.31. The van der Waals surface area contributed by atoms with E-state index in [4.69, 9.17) is 4.99 Å². The van der Waals surface area contributed by atoms with Crippen LogP contribution in [0.25, 0.3) is 16.6 Å². The van der Waals surface area contributed by atoms with Gasteiger partial charge in [-0.25, -0.2) is 4.39 Å². The van der Waals surface area contributed by atoms with Crippen molar-refractivity contribution in [3.8, 4) is 0 Å². The zero-order chi connectivity index (χ0) is 24.6. The van der Waals surface area contributed by atoms with E-state index in [2.05, 4.69) is 9.88 Å². The molecule has 2 aliphatic rings. The van der Waals surface area contributed by atoms with Crippen molar-refractivity contribution >= 4 is 34.5 Å². The first kappa shape index (κ1) is 24.1. The summed E-state index contributed by atoms with van der Waals surface area (Å²) >= 11 is 0. The Morgan fingerprint density at radius 1 is 1.26 bits per heavy atom. The number of rotatable bonds is 6. The largest absolute Gasteiger partial charge is 0.355 e. The fourth-order valence-corrected chi connectivity index (χ4v) is 4.80. The number of carbonyl (C=O) groups excluding carboxylic acids is 2. The Bertz CT molecular complexity index is 1240. The van der Waals surface area contributed by atoms with Gasteiger partial charge in [-0.05, 0) is 75.6 Å². The summed E-state index contributed by atoms with van der Waals surface area (Å²) in [5.74, 6) is -0.565. The van der Waals surface area contributed by atoms with Gasteiger partial charge < -0.3 is 9.88 Å². The molecule has 0 saturated heterocycles. The van der Waals surface area contributed by atoms with Gasteiger partial charge in [0.15, 0.2) is 5.78 Å². The van der Waals surface area contributed by atoms with E-state index in [-0.39, 0.29) is 29.5 Å². The van der Waals surface area contributed by atoms with E-state index in [1.165, 1.54) is 6.07 Å². The number of aromatic nitrogens is 1. The van der Waals surface area contributed by atoms with Gasteiger partial charge in [-0.3, -0.25) is 14.6 Å². The third-order valence-corrected chi connectivity index (χ3v) is 7.37. The Kier molecular flexibility index (Phi) is 6.87. The zero-order valence-electron chi connectivity index (χ0n) is 20.8. The quantitative estimate of drug-likeness (QED) is 0.546. The van der Waals surface area contributed by atoms with Crippen LogP contribution in [0.3, 0.4) is 0 Å². The smallest absolute Gasteiger partial charge is 0.253 e. The Balaban J connectivity index is 1.98. The summed E-state index contributed by atoms with van der Waals surface area (Å²) in [6, 6.07) is 3.56. The van der Waals surface area contributed by atoms with E-state index in [1.807, 2.05) is 32.9 Å². The van der Waals surface area contributed by atoms with Gasteiger partial charge in [-0.1, -0.05) is 19.9 Å². The Labute approximate surface area is 200 Å². The Morgan fingerprint density at radius 3 is 2.62 bits per heavy atom. The van der Waals surface area contributed by atoms with E-state index in [0.29, 0.717) is 27.8 Å². The fourth-order valence-electron chi connectivity index (χ4n) is 4.80. The molecule has 1 atom stereocenters. The minimum absolute atomic E-state index is 0.0699. The van der Waals surface area contributed by atoms with E-state index < -0.39 is 0 Å². The summed E-state index contributed by atoms with van der Waals surface area (Å²) in [6.07, 6.45) is 9.00. The molecule has 0 spiro atoms. The van der Waals surface area contributed by atoms with Crippen LogP contribution in [0.2, 0.25) is 0 Å². The maximum Gasteiger partial charge on any atom is 0.253 e. The summed E-state index contributed by atoms with van der Waals surface area (Å²) in [6.45, 7) is 7.73. The highest BCUT2D eigenvalue weighted by molar-refractivity contribution is 6.16. The lowest BCUT2D eigenvalue weighted by molar-refractivity contribution is -0.118. The second kappa shape index (κ2) is 9.69. The number of allylic oxidation sites excluding steroid dienone is 3. The van der Waals surface area contributed by atoms with E-state index in [9.17, 15) is 14.0 Å². The Hall–Kier alpha value is -3.02. The van der Waals surface area contributed by atoms with Gasteiger partial charge in [0.05, 0.1) is 22.5 Å². The van der Waals surface area contributed by atoms with Crippen molar-refractivity contribution in [3.05, 3.63) is 52.0 Å². The molecule has 1 fully saturated rings. The number of aliphatic imine (C=N–C) groups is 1. The predicted octanol–water partition coefficient (Wildman–Crippen LogP) is 6.31. The van der Waals surface area contributed by atoms with Crippen LogP contribution in [0.4, 0.5) is 4.39 Å². The monoisotopic (exact) mass is 463 g/mol. The number of fused-ring (bicyclic) bond motifs is 1. The molecule has 180 valence electrons. The van der Waals surface area contributed by atoms with Crippen molar-refractivity contribution in [1.29, 1.82) is 0 Å². The molecule has 4 rings (SSSR count). The molecule has 5 nitrogen and oxygen atoms in total. The molecule has 0 bridgehead atoms. The molecule has 1 saturated carbocycles. The highest BCUT2D eigenvalue weighted by Crippen LogP contribution is 2.43. The molecule has 34 heavy (non-hydrogen) atoms. The van der Waals surface area contributed by atoms with Crippen molar-refractivity contribution < 1.29 is 14.0 Å². The third-order valence-electron chi connectivity index (χ3n) is 7.37. The summed E-state index contributed by atoms with van der Waals surface area (Å²) < 4.78 is 16.9. The molecule has 6 heteroatoms. The first-order chi connectivity index (χ1) is 16.3. The molecule has 1 aliphatic heterocycles. The number of Topliss-reactive ketones (excluding diaryl/α,β-unsaturated/α-hetero) is 1. The van der Waals surface area contributed by atoms with Gasteiger partial charge in [0.1, 0.15) is 5.82 Å². The van der Waals surface area contributed by atoms with Gasteiger partial charge in [-0.15, -0.1) is 0 Å². The summed E-state index contributed by atoms with van der Waals surface area (Å²) in [5.41, 5.74) is 4.98. The minimum Gasteiger partial charge on any atom is -0.355 e.